The summed E-state index contributed by atoms with van der Waals surface area (Å²) in [5.41, 5.74) is 0.928. The van der Waals surface area contributed by atoms with Crippen LogP contribution in [0.1, 0.15) is 23.2 Å². The average molecular weight is 407 g/mol. The largest absolute Gasteiger partial charge is 0.454 e. The van der Waals surface area contributed by atoms with Crippen molar-refractivity contribution in [3.63, 3.8) is 0 Å². The second-order valence-electron chi connectivity index (χ2n) is 6.34. The predicted molar refractivity (Wildman–Crippen MR) is 102 cm³/mol. The molecule has 0 bridgehead atoms. The Kier molecular flexibility index (Phi) is 4.85. The number of anilines is 1. The molecular formula is C19H16Cl2N2O4. The number of amides is 2. The molecule has 0 spiro atoms. The van der Waals surface area contributed by atoms with Crippen LogP contribution < -0.4 is 14.8 Å². The summed E-state index contributed by atoms with van der Waals surface area (Å²) in [7, 11) is 0. The van der Waals surface area contributed by atoms with Gasteiger partial charge in [0.1, 0.15) is 6.04 Å². The zero-order valence-electron chi connectivity index (χ0n) is 14.2. The minimum Gasteiger partial charge on any atom is -0.454 e. The minimum atomic E-state index is -0.560. The Morgan fingerprint density at radius 3 is 2.70 bits per heavy atom. The smallest absolute Gasteiger partial charge is 0.254 e. The molecule has 140 valence electrons. The standard InChI is InChI=1S/C19H16Cl2N2O4/c20-12-4-5-14(13(21)9-12)22-18(24)15-2-1-7-23(15)19(25)11-3-6-16-17(8-11)27-10-26-16/h3-6,8-9,15H,1-2,7,10H2,(H,22,24)/t15-/m0/s1. The number of nitrogens with one attached hydrogen (secondary N) is 1. The fourth-order valence-corrected chi connectivity index (χ4v) is 3.74. The van der Waals surface area contributed by atoms with E-state index in [1.54, 1.807) is 41.3 Å². The average Bonchev–Trinajstić information content (AvgIpc) is 3.31. The van der Waals surface area contributed by atoms with Crippen LogP contribution in [0.5, 0.6) is 11.5 Å². The second kappa shape index (κ2) is 7.29. The van der Waals surface area contributed by atoms with Gasteiger partial charge in [0.15, 0.2) is 11.5 Å². The fourth-order valence-electron chi connectivity index (χ4n) is 3.28. The van der Waals surface area contributed by atoms with Gasteiger partial charge in [-0.05, 0) is 49.2 Å². The highest BCUT2D eigenvalue weighted by Crippen LogP contribution is 2.34. The Bertz CT molecular complexity index is 919. The normalized spacial score (nSPS) is 17.9. The molecular weight excluding hydrogens is 391 g/mol. The molecule has 2 aromatic rings. The number of nitrogens with zero attached hydrogens (tertiary/aromatic N) is 1. The first-order valence-corrected chi connectivity index (χ1v) is 9.25. The summed E-state index contributed by atoms with van der Waals surface area (Å²) in [6.07, 6.45) is 1.34. The molecule has 1 fully saturated rings. The Hall–Kier alpha value is -2.44. The molecule has 2 aliphatic rings. The van der Waals surface area contributed by atoms with Gasteiger partial charge in [-0.3, -0.25) is 9.59 Å². The maximum atomic E-state index is 12.9. The van der Waals surface area contributed by atoms with Crippen LogP contribution in [0.4, 0.5) is 5.69 Å². The first-order valence-electron chi connectivity index (χ1n) is 8.49. The Labute approximate surface area is 165 Å². The molecule has 1 atom stereocenters. The van der Waals surface area contributed by atoms with Crippen molar-refractivity contribution in [3.8, 4) is 11.5 Å². The van der Waals surface area contributed by atoms with E-state index in [1.807, 2.05) is 0 Å². The van der Waals surface area contributed by atoms with Crippen LogP contribution in [-0.2, 0) is 4.79 Å². The number of benzene rings is 2. The summed E-state index contributed by atoms with van der Waals surface area (Å²) in [6, 6.07) is 9.31. The van der Waals surface area contributed by atoms with Crippen molar-refractivity contribution in [2.75, 3.05) is 18.7 Å². The van der Waals surface area contributed by atoms with Gasteiger partial charge < -0.3 is 19.7 Å². The van der Waals surface area contributed by atoms with Crippen molar-refractivity contribution < 1.29 is 19.1 Å². The van der Waals surface area contributed by atoms with E-state index in [0.717, 1.165) is 6.42 Å². The Morgan fingerprint density at radius 1 is 1.07 bits per heavy atom. The van der Waals surface area contributed by atoms with Crippen LogP contribution in [0.25, 0.3) is 0 Å². The number of hydrogen-bond acceptors (Lipinski definition) is 4. The van der Waals surface area contributed by atoms with Crippen molar-refractivity contribution in [1.82, 2.24) is 4.90 Å². The molecule has 0 aliphatic carbocycles. The SMILES string of the molecule is O=C(Nc1ccc(Cl)cc1Cl)[C@@H]1CCCN1C(=O)c1ccc2c(c1)OCO2. The number of hydrogen-bond donors (Lipinski definition) is 1. The monoisotopic (exact) mass is 406 g/mol. The summed E-state index contributed by atoms with van der Waals surface area (Å²) < 4.78 is 10.6. The summed E-state index contributed by atoms with van der Waals surface area (Å²) in [5.74, 6) is 0.660. The van der Waals surface area contributed by atoms with Crippen LogP contribution in [0.3, 0.4) is 0 Å². The van der Waals surface area contributed by atoms with Crippen LogP contribution >= 0.6 is 23.2 Å². The number of halogens is 2. The lowest BCUT2D eigenvalue weighted by Gasteiger charge is -2.24. The van der Waals surface area contributed by atoms with Crippen molar-refractivity contribution in [1.29, 1.82) is 0 Å². The topological polar surface area (TPSA) is 67.9 Å². The molecule has 0 saturated carbocycles. The molecule has 6 nitrogen and oxygen atoms in total. The van der Waals surface area contributed by atoms with E-state index >= 15 is 0 Å². The van der Waals surface area contributed by atoms with E-state index in [1.165, 1.54) is 0 Å². The van der Waals surface area contributed by atoms with E-state index in [0.29, 0.717) is 45.8 Å². The molecule has 0 radical (unpaired) electrons. The van der Waals surface area contributed by atoms with Gasteiger partial charge >= 0.3 is 0 Å². The van der Waals surface area contributed by atoms with Gasteiger partial charge in [-0.15, -0.1) is 0 Å². The molecule has 27 heavy (non-hydrogen) atoms. The third kappa shape index (κ3) is 3.55. The zero-order chi connectivity index (χ0) is 19.0. The van der Waals surface area contributed by atoms with E-state index < -0.39 is 6.04 Å². The summed E-state index contributed by atoms with van der Waals surface area (Å²) in [5, 5.41) is 3.62. The zero-order valence-corrected chi connectivity index (χ0v) is 15.7. The van der Waals surface area contributed by atoms with Crippen molar-refractivity contribution in [2.45, 2.75) is 18.9 Å². The number of carbonyl (C=O) groups is 2. The van der Waals surface area contributed by atoms with Crippen LogP contribution in [0.2, 0.25) is 10.0 Å². The van der Waals surface area contributed by atoms with Crippen LogP contribution in [0.15, 0.2) is 36.4 Å². The second-order valence-corrected chi connectivity index (χ2v) is 7.18. The van der Waals surface area contributed by atoms with E-state index in [4.69, 9.17) is 32.7 Å². The molecule has 1 saturated heterocycles. The predicted octanol–water partition coefficient (Wildman–Crippen LogP) is 3.97. The van der Waals surface area contributed by atoms with Crippen molar-refractivity contribution >= 4 is 40.7 Å². The van der Waals surface area contributed by atoms with E-state index in [2.05, 4.69) is 5.32 Å². The minimum absolute atomic E-state index is 0.142. The maximum absolute atomic E-state index is 12.9. The third-order valence-electron chi connectivity index (χ3n) is 4.62. The lowest BCUT2D eigenvalue weighted by Crippen LogP contribution is -2.43. The molecule has 1 N–H and O–H groups in total. The Morgan fingerprint density at radius 2 is 1.89 bits per heavy atom. The number of rotatable bonds is 3. The molecule has 4 rings (SSSR count). The van der Waals surface area contributed by atoms with Gasteiger partial charge in [-0.1, -0.05) is 23.2 Å². The first-order chi connectivity index (χ1) is 13.0. The lowest BCUT2D eigenvalue weighted by atomic mass is 10.1. The molecule has 2 heterocycles. The molecule has 0 unspecified atom stereocenters. The van der Waals surface area contributed by atoms with Crippen LogP contribution in [-0.4, -0.2) is 36.1 Å². The number of ether oxygens (including phenoxy) is 2. The first kappa shape index (κ1) is 17.9. The number of likely N-dealkylation sites (tertiary alicyclic amines) is 1. The van der Waals surface area contributed by atoms with Gasteiger partial charge in [0, 0.05) is 17.1 Å². The van der Waals surface area contributed by atoms with Gasteiger partial charge in [-0.25, -0.2) is 0 Å². The highest BCUT2D eigenvalue weighted by Gasteiger charge is 2.35. The summed E-state index contributed by atoms with van der Waals surface area (Å²) in [6.45, 7) is 0.656. The molecule has 2 aliphatic heterocycles. The fraction of sp³-hybridized carbons (Fsp3) is 0.263. The lowest BCUT2D eigenvalue weighted by molar-refractivity contribution is -0.119. The highest BCUT2D eigenvalue weighted by molar-refractivity contribution is 6.36. The van der Waals surface area contributed by atoms with Gasteiger partial charge in [-0.2, -0.15) is 0 Å². The Balaban J connectivity index is 1.51. The molecule has 2 amide bonds. The molecule has 8 heteroatoms. The van der Waals surface area contributed by atoms with Gasteiger partial charge in [0.05, 0.1) is 10.7 Å². The van der Waals surface area contributed by atoms with E-state index in [-0.39, 0.29) is 18.6 Å². The quantitative estimate of drug-likeness (QED) is 0.837. The van der Waals surface area contributed by atoms with Gasteiger partial charge in [0.25, 0.3) is 5.91 Å². The highest BCUT2D eigenvalue weighted by atomic mass is 35.5. The number of carbonyl (C=O) groups excluding carboxylic acids is 2. The van der Waals surface area contributed by atoms with Gasteiger partial charge in [0.2, 0.25) is 12.7 Å². The van der Waals surface area contributed by atoms with E-state index in [9.17, 15) is 9.59 Å². The summed E-state index contributed by atoms with van der Waals surface area (Å²) in [4.78, 5) is 27.3. The molecule has 0 aromatic heterocycles. The summed E-state index contributed by atoms with van der Waals surface area (Å²) >= 11 is 12.0. The van der Waals surface area contributed by atoms with Crippen molar-refractivity contribution in [2.24, 2.45) is 0 Å². The number of fused-ring (bicyclic) bond motifs is 1. The maximum Gasteiger partial charge on any atom is 0.254 e. The van der Waals surface area contributed by atoms with Crippen molar-refractivity contribution in [3.05, 3.63) is 52.0 Å². The third-order valence-corrected chi connectivity index (χ3v) is 5.17. The van der Waals surface area contributed by atoms with Crippen LogP contribution in [0, 0.1) is 0 Å². The molecule has 2 aromatic carbocycles.